The predicted octanol–water partition coefficient (Wildman–Crippen LogP) is 4.03. The Bertz CT molecular complexity index is 1000. The maximum Gasteiger partial charge on any atom is 0.238 e. The van der Waals surface area contributed by atoms with Gasteiger partial charge in [-0.05, 0) is 61.2 Å². The molecule has 2 aromatic rings. The smallest absolute Gasteiger partial charge is 0.238 e. The van der Waals surface area contributed by atoms with E-state index in [1.54, 1.807) is 28.4 Å². The van der Waals surface area contributed by atoms with Crippen molar-refractivity contribution in [3.63, 3.8) is 0 Å². The fourth-order valence-corrected chi connectivity index (χ4v) is 5.69. The van der Waals surface area contributed by atoms with Crippen molar-refractivity contribution >= 4 is 11.6 Å². The number of nitrogens with one attached hydrogen (secondary N) is 1. The van der Waals surface area contributed by atoms with Gasteiger partial charge in [0, 0.05) is 24.2 Å². The molecule has 0 bridgehead atoms. The van der Waals surface area contributed by atoms with Crippen LogP contribution >= 0.6 is 0 Å². The molecule has 3 atom stereocenters. The number of carbonyl (C=O) groups excluding carboxylic acids is 1. The zero-order valence-corrected chi connectivity index (χ0v) is 21.0. The van der Waals surface area contributed by atoms with Crippen LogP contribution in [0.25, 0.3) is 0 Å². The lowest BCUT2D eigenvalue weighted by atomic mass is 9.66. The number of likely N-dealkylation sites (tertiary alicyclic amines) is 1. The van der Waals surface area contributed by atoms with Crippen molar-refractivity contribution in [1.82, 2.24) is 4.90 Å². The fourth-order valence-electron chi connectivity index (χ4n) is 5.69. The minimum absolute atomic E-state index is 0.00148. The Hall–Kier alpha value is -2.97. The first-order valence-electron chi connectivity index (χ1n) is 12.1. The van der Waals surface area contributed by atoms with Gasteiger partial charge in [0.1, 0.15) is 5.75 Å². The molecule has 0 aromatic heterocycles. The van der Waals surface area contributed by atoms with Gasteiger partial charge in [0.05, 0.1) is 40.6 Å². The van der Waals surface area contributed by atoms with Crippen molar-refractivity contribution in [1.29, 1.82) is 0 Å². The molecule has 8 nitrogen and oxygen atoms in total. The number of amides is 1. The minimum atomic E-state index is -0.744. The number of methoxy groups -OCH3 is 4. The van der Waals surface area contributed by atoms with Crippen molar-refractivity contribution < 1.29 is 28.8 Å². The molecule has 2 aliphatic rings. The lowest BCUT2D eigenvalue weighted by Crippen LogP contribution is -2.56. The summed E-state index contributed by atoms with van der Waals surface area (Å²) in [7, 11) is 6.38. The van der Waals surface area contributed by atoms with Gasteiger partial charge < -0.3 is 29.4 Å². The third-order valence-corrected chi connectivity index (χ3v) is 7.42. The summed E-state index contributed by atoms with van der Waals surface area (Å²) in [6.45, 7) is 0.824. The van der Waals surface area contributed by atoms with Crippen LogP contribution in [0.3, 0.4) is 0 Å². The molecule has 2 aromatic carbocycles. The second-order valence-electron chi connectivity index (χ2n) is 9.36. The molecular weight excluding hydrogens is 448 g/mol. The van der Waals surface area contributed by atoms with Crippen LogP contribution in [-0.2, 0) is 4.79 Å². The first-order chi connectivity index (χ1) is 16.9. The van der Waals surface area contributed by atoms with Crippen LogP contribution in [0.4, 0.5) is 5.69 Å². The van der Waals surface area contributed by atoms with Crippen molar-refractivity contribution in [3.8, 4) is 23.0 Å². The molecule has 0 radical (unpaired) electrons. The van der Waals surface area contributed by atoms with Crippen molar-refractivity contribution in [2.45, 2.75) is 43.7 Å². The highest BCUT2D eigenvalue weighted by Gasteiger charge is 2.49. The molecule has 35 heavy (non-hydrogen) atoms. The number of ether oxygens (including phenoxy) is 4. The molecular formula is C27H36N2O6. The SMILES string of the molecule is COc1ccc(NC(=O)CN2CCC3(O)CCCCC3[C@@H]2c2cc(OC)c(OC)c(OC)c2)cc1. The van der Waals surface area contributed by atoms with Crippen molar-refractivity contribution in [2.24, 2.45) is 5.92 Å². The van der Waals surface area contributed by atoms with Crippen LogP contribution in [0, 0.1) is 5.92 Å². The van der Waals surface area contributed by atoms with E-state index in [0.29, 0.717) is 35.9 Å². The third-order valence-electron chi connectivity index (χ3n) is 7.42. The highest BCUT2D eigenvalue weighted by Crippen LogP contribution is 2.51. The van der Waals surface area contributed by atoms with Gasteiger partial charge in [0.2, 0.25) is 11.7 Å². The molecule has 1 saturated carbocycles. The number of aliphatic hydroxyl groups is 1. The van der Waals surface area contributed by atoms with Crippen LogP contribution in [0.15, 0.2) is 36.4 Å². The van der Waals surface area contributed by atoms with Gasteiger partial charge in [-0.25, -0.2) is 0 Å². The quantitative estimate of drug-likeness (QED) is 0.585. The molecule has 1 aliphatic carbocycles. The second-order valence-corrected chi connectivity index (χ2v) is 9.36. The summed E-state index contributed by atoms with van der Waals surface area (Å²) in [5.74, 6) is 2.29. The van der Waals surface area contributed by atoms with Gasteiger partial charge in [-0.15, -0.1) is 0 Å². The van der Waals surface area contributed by atoms with E-state index in [0.717, 1.165) is 37.0 Å². The van der Waals surface area contributed by atoms with Crippen molar-refractivity contribution in [3.05, 3.63) is 42.0 Å². The number of hydrogen-bond donors (Lipinski definition) is 2. The van der Waals surface area contributed by atoms with Gasteiger partial charge in [0.25, 0.3) is 0 Å². The third kappa shape index (κ3) is 5.18. The van der Waals surface area contributed by atoms with Gasteiger partial charge in [-0.2, -0.15) is 0 Å². The Balaban J connectivity index is 1.65. The number of hydrogen-bond acceptors (Lipinski definition) is 7. The van der Waals surface area contributed by atoms with E-state index in [1.807, 2.05) is 36.4 Å². The summed E-state index contributed by atoms with van der Waals surface area (Å²) in [6, 6.07) is 11.0. The highest BCUT2D eigenvalue weighted by molar-refractivity contribution is 5.92. The zero-order valence-electron chi connectivity index (χ0n) is 21.0. The molecule has 1 aliphatic heterocycles. The average Bonchev–Trinajstić information content (AvgIpc) is 2.88. The lowest BCUT2D eigenvalue weighted by molar-refractivity contribution is -0.135. The molecule has 190 valence electrons. The molecule has 2 N–H and O–H groups in total. The Morgan fingerprint density at radius 3 is 2.29 bits per heavy atom. The Labute approximate surface area is 207 Å². The molecule has 8 heteroatoms. The van der Waals surface area contributed by atoms with E-state index in [2.05, 4.69) is 10.2 Å². The molecule has 1 saturated heterocycles. The highest BCUT2D eigenvalue weighted by atomic mass is 16.5. The Morgan fingerprint density at radius 2 is 1.69 bits per heavy atom. The maximum atomic E-state index is 13.1. The molecule has 1 amide bonds. The predicted molar refractivity (Wildman–Crippen MR) is 134 cm³/mol. The standard InChI is InChI=1S/C27H36N2O6/c1-32-20-10-8-19(9-11-20)28-24(30)17-29-14-13-27(31)12-6-5-7-21(27)25(29)18-15-22(33-2)26(35-4)23(16-18)34-3/h8-11,15-16,21,25,31H,5-7,12-14,17H2,1-4H3,(H,28,30)/t21?,25-,27?/m0/s1. The molecule has 2 fully saturated rings. The van der Waals surface area contributed by atoms with Gasteiger partial charge >= 0.3 is 0 Å². The average molecular weight is 485 g/mol. The van der Waals surface area contributed by atoms with Crippen LogP contribution < -0.4 is 24.3 Å². The number of nitrogens with zero attached hydrogens (tertiary/aromatic N) is 1. The van der Waals surface area contributed by atoms with E-state index in [-0.39, 0.29) is 24.4 Å². The summed E-state index contributed by atoms with van der Waals surface area (Å²) < 4.78 is 21.9. The first kappa shape index (κ1) is 25.1. The summed E-state index contributed by atoms with van der Waals surface area (Å²) in [5, 5.41) is 14.6. The van der Waals surface area contributed by atoms with Crippen LogP contribution in [-0.4, -0.2) is 63.0 Å². The number of fused-ring (bicyclic) bond motifs is 1. The molecule has 0 spiro atoms. The van der Waals surface area contributed by atoms with Gasteiger partial charge in [0.15, 0.2) is 11.5 Å². The summed E-state index contributed by atoms with van der Waals surface area (Å²) in [5.41, 5.74) is 0.916. The van der Waals surface area contributed by atoms with Crippen LogP contribution in [0.5, 0.6) is 23.0 Å². The number of anilines is 1. The fraction of sp³-hybridized carbons (Fsp3) is 0.519. The monoisotopic (exact) mass is 484 g/mol. The van der Waals surface area contributed by atoms with E-state index in [9.17, 15) is 9.90 Å². The van der Waals surface area contributed by atoms with E-state index in [4.69, 9.17) is 18.9 Å². The number of piperidine rings is 1. The number of benzene rings is 2. The minimum Gasteiger partial charge on any atom is -0.497 e. The van der Waals surface area contributed by atoms with Gasteiger partial charge in [-0.1, -0.05) is 12.8 Å². The van der Waals surface area contributed by atoms with E-state index in [1.165, 1.54) is 0 Å². The van der Waals surface area contributed by atoms with E-state index < -0.39 is 5.60 Å². The maximum absolute atomic E-state index is 13.1. The normalized spacial score (nSPS) is 24.3. The summed E-state index contributed by atoms with van der Waals surface area (Å²) in [4.78, 5) is 15.3. The van der Waals surface area contributed by atoms with Crippen molar-refractivity contribution in [2.75, 3.05) is 46.8 Å². The summed E-state index contributed by atoms with van der Waals surface area (Å²) >= 11 is 0. The van der Waals surface area contributed by atoms with Crippen LogP contribution in [0.2, 0.25) is 0 Å². The number of carbonyl (C=O) groups is 1. The van der Waals surface area contributed by atoms with Gasteiger partial charge in [-0.3, -0.25) is 9.69 Å². The van der Waals surface area contributed by atoms with E-state index >= 15 is 0 Å². The molecule has 4 rings (SSSR count). The second kappa shape index (κ2) is 10.7. The number of rotatable bonds is 8. The largest absolute Gasteiger partial charge is 0.497 e. The molecule has 2 unspecified atom stereocenters. The molecule has 1 heterocycles. The Kier molecular flexibility index (Phi) is 7.72. The first-order valence-corrected chi connectivity index (χ1v) is 12.1. The topological polar surface area (TPSA) is 89.5 Å². The summed E-state index contributed by atoms with van der Waals surface area (Å²) in [6.07, 6.45) is 4.40. The zero-order chi connectivity index (χ0) is 25.0. The van der Waals surface area contributed by atoms with Crippen LogP contribution in [0.1, 0.15) is 43.7 Å². The Morgan fingerprint density at radius 1 is 1.00 bits per heavy atom. The lowest BCUT2D eigenvalue weighted by Gasteiger charge is -2.52.